The molecule has 1 amide bonds. The number of benzene rings is 1. The molecule has 1 aliphatic carbocycles. The van der Waals surface area contributed by atoms with Gasteiger partial charge in [0, 0.05) is 32.3 Å². The summed E-state index contributed by atoms with van der Waals surface area (Å²) in [5, 5.41) is 3.56. The Balaban J connectivity index is 1.57. The number of nitrogens with one attached hydrogen (secondary N) is 1. The molecule has 1 aromatic carbocycles. The molecule has 8 nitrogen and oxygen atoms in total. The molecule has 0 radical (unpaired) electrons. The standard InChI is InChI=1S/C21H25N5O3S/c1-22-19(27)16-12-18(25-20(23-16)28-3)29-14-9-10-15-17(11-14)30-21(24-15)26(2)13-7-5-4-6-8-13/h9-13H,4-8H2,1-3H3,(H,22,27). The number of hydrogen-bond acceptors (Lipinski definition) is 8. The summed E-state index contributed by atoms with van der Waals surface area (Å²) in [6.07, 6.45) is 6.37. The van der Waals surface area contributed by atoms with Gasteiger partial charge in [0.15, 0.2) is 5.13 Å². The van der Waals surface area contributed by atoms with Crippen molar-refractivity contribution < 1.29 is 14.3 Å². The Kier molecular flexibility index (Phi) is 5.98. The van der Waals surface area contributed by atoms with Crippen LogP contribution in [0.2, 0.25) is 0 Å². The fraction of sp³-hybridized carbons (Fsp3) is 0.429. The number of fused-ring (bicyclic) bond motifs is 1. The topological polar surface area (TPSA) is 89.5 Å². The van der Waals surface area contributed by atoms with Crippen molar-refractivity contribution in [3.05, 3.63) is 30.0 Å². The number of rotatable bonds is 6. The maximum absolute atomic E-state index is 11.9. The van der Waals surface area contributed by atoms with Crippen LogP contribution in [0.25, 0.3) is 10.2 Å². The van der Waals surface area contributed by atoms with E-state index in [0.29, 0.717) is 11.8 Å². The molecule has 158 valence electrons. The first kappa shape index (κ1) is 20.3. The van der Waals surface area contributed by atoms with Crippen molar-refractivity contribution in [2.24, 2.45) is 0 Å². The first-order valence-corrected chi connectivity index (χ1v) is 10.9. The third-order valence-corrected chi connectivity index (χ3v) is 6.43. The highest BCUT2D eigenvalue weighted by molar-refractivity contribution is 7.22. The predicted molar refractivity (Wildman–Crippen MR) is 117 cm³/mol. The number of thiazole rings is 1. The highest BCUT2D eigenvalue weighted by Gasteiger charge is 2.21. The lowest BCUT2D eigenvalue weighted by molar-refractivity contribution is 0.0956. The van der Waals surface area contributed by atoms with Crippen LogP contribution in [0.4, 0.5) is 5.13 Å². The average Bonchev–Trinajstić information content (AvgIpc) is 3.21. The van der Waals surface area contributed by atoms with E-state index in [2.05, 4.69) is 27.2 Å². The van der Waals surface area contributed by atoms with E-state index in [-0.39, 0.29) is 23.5 Å². The molecular formula is C21H25N5O3S. The SMILES string of the molecule is CNC(=O)c1cc(Oc2ccc3nc(N(C)C4CCCCC4)sc3c2)nc(OC)n1. The Hall–Kier alpha value is -2.94. The zero-order valence-corrected chi connectivity index (χ0v) is 18.2. The maximum atomic E-state index is 11.9. The van der Waals surface area contributed by atoms with E-state index in [9.17, 15) is 4.79 Å². The summed E-state index contributed by atoms with van der Waals surface area (Å²) in [4.78, 5) is 27.3. The van der Waals surface area contributed by atoms with Gasteiger partial charge in [-0.15, -0.1) is 0 Å². The molecule has 1 N–H and O–H groups in total. The van der Waals surface area contributed by atoms with Crippen LogP contribution in [0.3, 0.4) is 0 Å². The number of aromatic nitrogens is 3. The van der Waals surface area contributed by atoms with E-state index in [0.717, 1.165) is 15.3 Å². The molecule has 30 heavy (non-hydrogen) atoms. The van der Waals surface area contributed by atoms with Crippen molar-refractivity contribution in [3.63, 3.8) is 0 Å². The van der Waals surface area contributed by atoms with Gasteiger partial charge in [0.2, 0.25) is 5.88 Å². The molecule has 0 aliphatic heterocycles. The third-order valence-electron chi connectivity index (χ3n) is 5.32. The van der Waals surface area contributed by atoms with Gasteiger partial charge in [-0.05, 0) is 25.0 Å². The molecular weight excluding hydrogens is 402 g/mol. The minimum atomic E-state index is -0.339. The van der Waals surface area contributed by atoms with Crippen LogP contribution >= 0.6 is 11.3 Å². The molecule has 1 aliphatic rings. The molecule has 9 heteroatoms. The highest BCUT2D eigenvalue weighted by Crippen LogP contribution is 2.35. The van der Waals surface area contributed by atoms with Gasteiger partial charge in [-0.3, -0.25) is 4.79 Å². The highest BCUT2D eigenvalue weighted by atomic mass is 32.1. The zero-order valence-electron chi connectivity index (χ0n) is 17.3. The predicted octanol–water partition coefficient (Wildman–Crippen LogP) is 4.02. The number of hydrogen-bond donors (Lipinski definition) is 1. The smallest absolute Gasteiger partial charge is 0.320 e. The van der Waals surface area contributed by atoms with Crippen molar-refractivity contribution in [3.8, 4) is 17.6 Å². The lowest BCUT2D eigenvalue weighted by Crippen LogP contribution is -2.33. The van der Waals surface area contributed by atoms with Crippen LogP contribution in [0.1, 0.15) is 42.6 Å². The Labute approximate surface area is 179 Å². The van der Waals surface area contributed by atoms with E-state index in [4.69, 9.17) is 14.5 Å². The molecule has 0 atom stereocenters. The summed E-state index contributed by atoms with van der Waals surface area (Å²) < 4.78 is 12.0. The van der Waals surface area contributed by atoms with Gasteiger partial charge in [-0.1, -0.05) is 30.6 Å². The van der Waals surface area contributed by atoms with Gasteiger partial charge < -0.3 is 19.7 Å². The molecule has 0 saturated heterocycles. The van der Waals surface area contributed by atoms with Gasteiger partial charge in [0.25, 0.3) is 5.91 Å². The quantitative estimate of drug-likeness (QED) is 0.635. The Bertz CT molecular complexity index is 1050. The Morgan fingerprint density at radius 3 is 2.70 bits per heavy atom. The van der Waals surface area contributed by atoms with Crippen LogP contribution < -0.4 is 19.7 Å². The van der Waals surface area contributed by atoms with Gasteiger partial charge in [-0.25, -0.2) is 4.98 Å². The fourth-order valence-corrected chi connectivity index (χ4v) is 4.67. The number of nitrogens with zero attached hydrogens (tertiary/aromatic N) is 4. The summed E-state index contributed by atoms with van der Waals surface area (Å²) in [6.45, 7) is 0. The van der Waals surface area contributed by atoms with E-state index in [1.54, 1.807) is 11.3 Å². The van der Waals surface area contributed by atoms with Crippen molar-refractivity contribution >= 4 is 32.6 Å². The Morgan fingerprint density at radius 2 is 1.97 bits per heavy atom. The van der Waals surface area contributed by atoms with Crippen LogP contribution in [0.5, 0.6) is 17.6 Å². The average molecular weight is 428 g/mol. The molecule has 1 fully saturated rings. The lowest BCUT2D eigenvalue weighted by Gasteiger charge is -2.30. The van der Waals surface area contributed by atoms with Gasteiger partial charge in [0.1, 0.15) is 11.4 Å². The molecule has 3 aromatic rings. The van der Waals surface area contributed by atoms with Crippen LogP contribution in [0.15, 0.2) is 24.3 Å². The number of anilines is 1. The zero-order chi connectivity index (χ0) is 21.1. The number of carbonyl (C=O) groups is 1. The van der Waals surface area contributed by atoms with Crippen molar-refractivity contribution in [2.45, 2.75) is 38.1 Å². The molecule has 1 saturated carbocycles. The second-order valence-corrected chi connectivity index (χ2v) is 8.30. The maximum Gasteiger partial charge on any atom is 0.320 e. The molecule has 2 aromatic heterocycles. The van der Waals surface area contributed by atoms with Gasteiger partial charge in [-0.2, -0.15) is 9.97 Å². The van der Waals surface area contributed by atoms with Crippen molar-refractivity contribution in [1.82, 2.24) is 20.3 Å². The van der Waals surface area contributed by atoms with E-state index in [1.807, 2.05) is 18.2 Å². The second-order valence-electron chi connectivity index (χ2n) is 7.29. The van der Waals surface area contributed by atoms with E-state index in [1.165, 1.54) is 52.3 Å². The van der Waals surface area contributed by atoms with Crippen molar-refractivity contribution in [1.29, 1.82) is 0 Å². The summed E-state index contributed by atoms with van der Waals surface area (Å²) in [5.74, 6) is 0.513. The first-order valence-electron chi connectivity index (χ1n) is 10.0. The van der Waals surface area contributed by atoms with E-state index >= 15 is 0 Å². The molecule has 0 bridgehead atoms. The molecule has 0 spiro atoms. The number of amides is 1. The number of carbonyl (C=O) groups excluding carboxylic acids is 1. The minimum absolute atomic E-state index is 0.0707. The van der Waals surface area contributed by atoms with E-state index < -0.39 is 0 Å². The number of methoxy groups -OCH3 is 1. The fourth-order valence-electron chi connectivity index (χ4n) is 3.64. The monoisotopic (exact) mass is 427 g/mol. The van der Waals surface area contributed by atoms with Crippen molar-refractivity contribution in [2.75, 3.05) is 26.1 Å². The minimum Gasteiger partial charge on any atom is -0.467 e. The van der Waals surface area contributed by atoms with Gasteiger partial charge >= 0.3 is 6.01 Å². The first-order chi connectivity index (χ1) is 14.6. The summed E-state index contributed by atoms with van der Waals surface area (Å²) >= 11 is 1.66. The van der Waals surface area contributed by atoms with Crippen LogP contribution in [0, 0.1) is 0 Å². The third kappa shape index (κ3) is 4.30. The molecule has 0 unspecified atom stereocenters. The number of ether oxygens (including phenoxy) is 2. The lowest BCUT2D eigenvalue weighted by atomic mass is 9.95. The van der Waals surface area contributed by atoms with Crippen LogP contribution in [-0.2, 0) is 0 Å². The van der Waals surface area contributed by atoms with Crippen LogP contribution in [-0.4, -0.2) is 48.1 Å². The summed E-state index contributed by atoms with van der Waals surface area (Å²) in [6, 6.07) is 7.85. The largest absolute Gasteiger partial charge is 0.467 e. The Morgan fingerprint density at radius 1 is 1.17 bits per heavy atom. The van der Waals surface area contributed by atoms with Gasteiger partial charge in [0.05, 0.1) is 17.3 Å². The normalized spacial score (nSPS) is 14.5. The second kappa shape index (κ2) is 8.83. The molecule has 4 rings (SSSR count). The summed E-state index contributed by atoms with van der Waals surface area (Å²) in [5.41, 5.74) is 1.12. The summed E-state index contributed by atoms with van der Waals surface area (Å²) in [7, 11) is 5.12. The molecule has 2 heterocycles.